The number of nitrogens with one attached hydrogen (secondary N) is 5. The number of halogens is 4. The van der Waals surface area contributed by atoms with Crippen molar-refractivity contribution in [2.45, 2.75) is 88.1 Å². The number of aromatic nitrogens is 10. The van der Waals surface area contributed by atoms with Gasteiger partial charge in [0, 0.05) is 180 Å². The van der Waals surface area contributed by atoms with Crippen LogP contribution in [-0.4, -0.2) is 115 Å². The van der Waals surface area contributed by atoms with Crippen molar-refractivity contribution < 1.29 is 28.3 Å². The third-order valence-electron chi connectivity index (χ3n) is 23.9. The molecule has 133 heavy (non-hydrogen) atoms. The standard InChI is InChI=1S/C32H33N5O2.C29H25ClN4O.C25H20ClFN2O.C25H21ClN2O/c1-3-36-16-18-37(19-17-36)21-23-10-11-24(20-22(23)2)35-32(38)27-8-4-7-26-25(27)6-5-9-29(26)39-30-13-15-34-31-28(30)12-14-33-31;1-18-10-21(12-25(11-18)34-16-20(3)33-17-34)13-27(35)23-5-4-19(2)22(14-23)6-7-24-15-32-29-26(28(24)30)8-9-31-29;1-15-3-8-22(27)20(11-15)13-23(30)18-5-4-16(2)17(12-18)6-7-19-14-29-25-21(24(19)26)9-10-28-25;1-16-4-3-5-18(12-16)13-23(29)20-7-6-17(2)19(14-20)8-9-21-15-28-25-22(24(21)26)10-11-27-25/h4-15,20H,3,16-19,21H2,1-2H3,(H,33,34)(H,35,38);4-12,14-17H,13H2,1-3H3,(H,31,32);3-12,14H,13H2,1-2H3,(H,28,29);3-12,14-15H,13H2,1-2H3,(H,27,28)/b;2*7-6+;9-8+. The molecule has 0 bridgehead atoms. The number of Topliss-reactive ketones (excluding diaryl/α,β-unsaturated/α-hetero) is 3. The van der Waals surface area contributed by atoms with Gasteiger partial charge in [0.2, 0.25) is 0 Å². The van der Waals surface area contributed by atoms with E-state index in [0.717, 1.165) is 189 Å². The fourth-order valence-electron chi connectivity index (χ4n) is 16.4. The first-order valence-electron chi connectivity index (χ1n) is 44.1. The van der Waals surface area contributed by atoms with Gasteiger partial charge in [0.25, 0.3) is 5.91 Å². The zero-order chi connectivity index (χ0) is 92.9. The Morgan fingerprint density at radius 2 is 0.910 bits per heavy atom. The number of carbonyl (C=O) groups excluding carboxylic acids is 4. The summed E-state index contributed by atoms with van der Waals surface area (Å²) in [6, 6.07) is 63.5. The summed E-state index contributed by atoms with van der Waals surface area (Å²) in [4.78, 5) is 91.3. The number of anilines is 1. The minimum atomic E-state index is -0.358. The van der Waals surface area contributed by atoms with Gasteiger partial charge in [-0.05, 0) is 225 Å². The van der Waals surface area contributed by atoms with Gasteiger partial charge < -0.3 is 39.5 Å². The smallest absolute Gasteiger partial charge is 0.256 e. The summed E-state index contributed by atoms with van der Waals surface area (Å²) in [5.74, 6) is 0.968. The van der Waals surface area contributed by atoms with Gasteiger partial charge in [0.15, 0.2) is 17.3 Å². The molecule has 1 fully saturated rings. The number of hydrogen-bond acceptors (Lipinski definition) is 12. The number of rotatable bonds is 23. The van der Waals surface area contributed by atoms with Crippen LogP contribution < -0.4 is 10.1 Å². The van der Waals surface area contributed by atoms with Crippen LogP contribution in [0.4, 0.5) is 10.1 Å². The number of imidazole rings is 1. The number of piperazine rings is 1. The first kappa shape index (κ1) is 91.7. The third kappa shape index (κ3) is 22.2. The van der Waals surface area contributed by atoms with Crippen molar-refractivity contribution in [1.82, 2.24) is 59.2 Å². The number of ketones is 3. The monoisotopic (exact) mass is 1820 g/mol. The van der Waals surface area contributed by atoms with E-state index in [1.807, 2.05) is 260 Å². The van der Waals surface area contributed by atoms with Crippen molar-refractivity contribution in [3.63, 3.8) is 0 Å². The van der Waals surface area contributed by atoms with E-state index < -0.39 is 0 Å². The molecule has 22 heteroatoms. The highest BCUT2D eigenvalue weighted by Crippen LogP contribution is 2.37. The SMILES string of the molecule is CCN1CCN(Cc2ccc(NC(=O)c3cccc4c(Oc5ccnc6[nH]ccc56)cccc34)cc2C)CC1.Cc1cc(CC(=O)c2ccc(C)c(/C=C/c3cnc4[nH]ccc4c3Cl)c2)cc(-n2cnc(C)c2)c1.Cc1ccc(F)c(CC(=O)c2ccc(C)c(/C=C/c3cnc4[nH]ccc4c3Cl)c2)c1.Cc1cccc(CC(=O)c2ccc(C)c(/C=C/c3cnc4[nH]ccc4c3Cl)c2)c1. The number of pyridine rings is 4. The Bertz CT molecular complexity index is 7510. The van der Waals surface area contributed by atoms with Gasteiger partial charge in [-0.25, -0.2) is 29.3 Å². The maximum absolute atomic E-state index is 14.0. The number of benzene rings is 9. The summed E-state index contributed by atoms with van der Waals surface area (Å²) >= 11 is 19.6. The van der Waals surface area contributed by atoms with E-state index in [1.165, 1.54) is 17.2 Å². The molecule has 0 radical (unpaired) electrons. The maximum atomic E-state index is 14.0. The third-order valence-corrected chi connectivity index (χ3v) is 25.2. The number of aromatic amines is 4. The molecule has 9 aromatic heterocycles. The molecule has 5 N–H and O–H groups in total. The normalized spacial score (nSPS) is 12.4. The van der Waals surface area contributed by atoms with Crippen molar-refractivity contribution in [2.75, 3.05) is 38.0 Å². The van der Waals surface area contributed by atoms with Gasteiger partial charge in [0.1, 0.15) is 39.9 Å². The van der Waals surface area contributed by atoms with Crippen LogP contribution in [0.15, 0.2) is 262 Å². The Labute approximate surface area is 786 Å². The number of hydrogen-bond donors (Lipinski definition) is 5. The van der Waals surface area contributed by atoms with E-state index in [-0.39, 0.29) is 35.5 Å². The first-order valence-corrected chi connectivity index (χ1v) is 45.2. The lowest BCUT2D eigenvalue weighted by atomic mass is 9.97. The second-order valence-electron chi connectivity index (χ2n) is 33.6. The van der Waals surface area contributed by atoms with E-state index in [1.54, 1.807) is 55.5 Å². The second kappa shape index (κ2) is 41.7. The molecule has 1 amide bonds. The lowest BCUT2D eigenvalue weighted by molar-refractivity contribution is 0.0984. The Balaban J connectivity index is 0.000000130. The topological polar surface area (TPSA) is 229 Å². The molecule has 0 aliphatic carbocycles. The second-order valence-corrected chi connectivity index (χ2v) is 34.7. The lowest BCUT2D eigenvalue weighted by Gasteiger charge is -2.34. The summed E-state index contributed by atoms with van der Waals surface area (Å²) in [5.41, 5.74) is 25.0. The number of nitrogens with zero attached hydrogens (tertiary/aromatic N) is 8. The molecular formula is C111H99Cl3FN13O5. The number of ether oxygens (including phenoxy) is 1. The number of likely N-dealkylation sites (N-methyl/N-ethyl adjacent to an activating group) is 1. The zero-order valence-corrected chi connectivity index (χ0v) is 77.6. The lowest BCUT2D eigenvalue weighted by Crippen LogP contribution is -2.45. The molecule has 0 atom stereocenters. The summed E-state index contributed by atoms with van der Waals surface area (Å²) in [6.45, 7) is 24.8. The largest absolute Gasteiger partial charge is 0.456 e. The van der Waals surface area contributed by atoms with Crippen molar-refractivity contribution >= 4 is 155 Å². The van der Waals surface area contributed by atoms with Crippen LogP contribution in [0, 0.1) is 61.2 Å². The quantitative estimate of drug-likeness (QED) is 0.0377. The number of H-pyrrole nitrogens is 4. The Morgan fingerprint density at radius 3 is 1.45 bits per heavy atom. The van der Waals surface area contributed by atoms with E-state index in [0.29, 0.717) is 67.2 Å². The summed E-state index contributed by atoms with van der Waals surface area (Å²) in [6.07, 6.45) is 30.4. The highest BCUT2D eigenvalue weighted by Gasteiger charge is 2.22. The van der Waals surface area contributed by atoms with Crippen LogP contribution in [0.25, 0.3) is 97.0 Å². The minimum absolute atomic E-state index is 0.0274. The predicted molar refractivity (Wildman–Crippen MR) is 540 cm³/mol. The Morgan fingerprint density at radius 1 is 0.421 bits per heavy atom. The van der Waals surface area contributed by atoms with Crippen molar-refractivity contribution in [3.05, 3.63) is 406 Å². The summed E-state index contributed by atoms with van der Waals surface area (Å²) in [5, 5.41) is 10.3. The number of amides is 1. The van der Waals surface area contributed by atoms with Gasteiger partial charge in [-0.2, -0.15) is 0 Å². The maximum Gasteiger partial charge on any atom is 0.256 e. The Kier molecular flexibility index (Phi) is 28.7. The molecule has 9 aromatic carbocycles. The molecule has 1 aliphatic heterocycles. The van der Waals surface area contributed by atoms with E-state index >= 15 is 0 Å². The van der Waals surface area contributed by atoms with Gasteiger partial charge in [-0.1, -0.05) is 199 Å². The minimum Gasteiger partial charge on any atom is -0.456 e. The molecule has 18 aromatic rings. The molecule has 0 spiro atoms. The van der Waals surface area contributed by atoms with Crippen LogP contribution in [0.1, 0.15) is 149 Å². The molecule has 10 heterocycles. The number of carbonyl (C=O) groups is 4. The van der Waals surface area contributed by atoms with Crippen LogP contribution in [0.5, 0.6) is 11.5 Å². The van der Waals surface area contributed by atoms with Crippen LogP contribution in [0.3, 0.4) is 0 Å². The highest BCUT2D eigenvalue weighted by atomic mass is 35.5. The van der Waals surface area contributed by atoms with E-state index in [9.17, 15) is 23.6 Å². The summed E-state index contributed by atoms with van der Waals surface area (Å²) < 4.78 is 22.3. The highest BCUT2D eigenvalue weighted by molar-refractivity contribution is 6.38. The molecule has 666 valence electrons. The molecular weight excluding hydrogens is 1720 g/mol. The molecule has 0 unspecified atom stereocenters. The zero-order valence-electron chi connectivity index (χ0n) is 75.3. The average Bonchev–Trinajstić information content (AvgIpc) is 1.18. The number of aryl methyl sites for hydroxylation is 8. The predicted octanol–water partition coefficient (Wildman–Crippen LogP) is 26.1. The molecule has 19 rings (SSSR count). The van der Waals surface area contributed by atoms with Crippen molar-refractivity contribution in [1.29, 1.82) is 0 Å². The fraction of sp³-hybridized carbons (Fsp3) is 0.162. The summed E-state index contributed by atoms with van der Waals surface area (Å²) in [7, 11) is 0. The van der Waals surface area contributed by atoms with Crippen molar-refractivity contribution in [3.8, 4) is 17.2 Å². The Hall–Kier alpha value is -14.6. The van der Waals surface area contributed by atoms with Gasteiger partial charge in [-0.3, -0.25) is 24.1 Å². The number of fused-ring (bicyclic) bond motifs is 5. The van der Waals surface area contributed by atoms with E-state index in [4.69, 9.17) is 39.5 Å². The van der Waals surface area contributed by atoms with Crippen molar-refractivity contribution in [2.24, 2.45) is 0 Å². The van der Waals surface area contributed by atoms with Crippen LogP contribution >= 0.6 is 34.8 Å². The first-order chi connectivity index (χ1) is 64.4. The fourth-order valence-corrected chi connectivity index (χ4v) is 17.2. The molecule has 18 nitrogen and oxygen atoms in total. The molecule has 1 aliphatic rings. The van der Waals surface area contributed by atoms with Gasteiger partial charge in [0.05, 0.1) is 32.5 Å². The average molecular weight is 1820 g/mol. The molecule has 0 saturated carbocycles. The van der Waals surface area contributed by atoms with E-state index in [2.05, 4.69) is 104 Å². The van der Waals surface area contributed by atoms with Crippen LogP contribution in [-0.2, 0) is 25.8 Å². The molecule has 1 saturated heterocycles. The van der Waals surface area contributed by atoms with Crippen LogP contribution in [0.2, 0.25) is 15.1 Å². The van der Waals surface area contributed by atoms with Gasteiger partial charge >= 0.3 is 0 Å². The van der Waals surface area contributed by atoms with Gasteiger partial charge in [-0.15, -0.1) is 0 Å².